The summed E-state index contributed by atoms with van der Waals surface area (Å²) in [7, 11) is -0.878. The summed E-state index contributed by atoms with van der Waals surface area (Å²) in [5.41, 5.74) is 3.59. The summed E-state index contributed by atoms with van der Waals surface area (Å²) in [5, 5.41) is 0. The van der Waals surface area contributed by atoms with Crippen LogP contribution < -0.4 is 10.9 Å². The number of carbonyl (C=O) groups is 2. The Balaban J connectivity index is 2.08. The second kappa shape index (κ2) is 6.18. The van der Waals surface area contributed by atoms with Gasteiger partial charge < -0.3 is 0 Å². The zero-order valence-corrected chi connectivity index (χ0v) is 15.6. The molecule has 0 bridgehead atoms. The molecule has 0 aliphatic heterocycles. The van der Waals surface area contributed by atoms with Gasteiger partial charge in [0, 0.05) is 19.7 Å². The maximum atomic E-state index is 12.1. The van der Waals surface area contributed by atoms with Crippen molar-refractivity contribution >= 4 is 45.0 Å². The molecule has 24 heavy (non-hydrogen) atoms. The van der Waals surface area contributed by atoms with E-state index in [4.69, 9.17) is 23.2 Å². The lowest BCUT2D eigenvalue weighted by atomic mass is 10.1. The second-order valence-corrected chi connectivity index (χ2v) is 9.57. The first-order valence-electron chi connectivity index (χ1n) is 6.93. The standard InChI is InChI=1S/C14H17Cl2N3O4S/c1-13(8-14(13,15)16)12(21)18-17-11(20)9-5-4-6-10(7-9)24(22,23)19(2)3/h4-7H,8H2,1-3H3,(H,17,20)(H,18,21). The number of benzene rings is 1. The Morgan fingerprint density at radius 3 is 2.29 bits per heavy atom. The fourth-order valence-corrected chi connectivity index (χ4v) is 3.63. The molecule has 0 saturated heterocycles. The summed E-state index contributed by atoms with van der Waals surface area (Å²) in [6, 6.07) is 5.48. The highest BCUT2D eigenvalue weighted by molar-refractivity contribution is 7.89. The number of nitrogens with one attached hydrogen (secondary N) is 2. The Bertz CT molecular complexity index is 795. The van der Waals surface area contributed by atoms with Crippen LogP contribution in [0, 0.1) is 5.41 Å². The first kappa shape index (κ1) is 19.0. The van der Waals surface area contributed by atoms with E-state index in [0.717, 1.165) is 4.31 Å². The van der Waals surface area contributed by atoms with Crippen LogP contribution >= 0.6 is 23.2 Å². The second-order valence-electron chi connectivity index (χ2n) is 5.94. The zero-order valence-electron chi connectivity index (χ0n) is 13.3. The van der Waals surface area contributed by atoms with Crippen LogP contribution in [-0.4, -0.2) is 43.0 Å². The topological polar surface area (TPSA) is 95.6 Å². The fraction of sp³-hybridized carbons (Fsp3) is 0.429. The lowest BCUT2D eigenvalue weighted by Gasteiger charge is -2.14. The van der Waals surface area contributed by atoms with Gasteiger partial charge in [-0.2, -0.15) is 0 Å². The van der Waals surface area contributed by atoms with Crippen molar-refractivity contribution in [3.8, 4) is 0 Å². The van der Waals surface area contributed by atoms with Gasteiger partial charge in [0.25, 0.3) is 5.91 Å². The van der Waals surface area contributed by atoms with Gasteiger partial charge in [-0.3, -0.25) is 20.4 Å². The molecule has 0 radical (unpaired) electrons. The third-order valence-corrected chi connectivity index (χ3v) is 6.84. The lowest BCUT2D eigenvalue weighted by Crippen LogP contribution is -2.45. The number of amides is 2. The predicted molar refractivity (Wildman–Crippen MR) is 90.1 cm³/mol. The van der Waals surface area contributed by atoms with Gasteiger partial charge >= 0.3 is 0 Å². The van der Waals surface area contributed by atoms with E-state index in [-0.39, 0.29) is 16.9 Å². The number of hydrazine groups is 1. The van der Waals surface area contributed by atoms with Crippen LogP contribution in [0.15, 0.2) is 29.2 Å². The number of rotatable bonds is 4. The summed E-state index contributed by atoms with van der Waals surface area (Å²) < 4.78 is 24.0. The molecular weight excluding hydrogens is 377 g/mol. The van der Waals surface area contributed by atoms with Crippen LogP contribution in [0.3, 0.4) is 0 Å². The van der Waals surface area contributed by atoms with Crippen molar-refractivity contribution in [2.75, 3.05) is 14.1 Å². The minimum atomic E-state index is -3.66. The number of alkyl halides is 2. The molecule has 2 N–H and O–H groups in total. The average molecular weight is 394 g/mol. The Hall–Kier alpha value is -1.35. The number of nitrogens with zero attached hydrogens (tertiary/aromatic N) is 1. The fourth-order valence-electron chi connectivity index (χ4n) is 1.98. The molecule has 132 valence electrons. The van der Waals surface area contributed by atoms with Crippen molar-refractivity contribution in [2.45, 2.75) is 22.6 Å². The maximum Gasteiger partial charge on any atom is 0.269 e. The summed E-state index contributed by atoms with van der Waals surface area (Å²) in [5.74, 6) is -1.17. The van der Waals surface area contributed by atoms with Gasteiger partial charge in [-0.1, -0.05) is 6.07 Å². The largest absolute Gasteiger partial charge is 0.273 e. The van der Waals surface area contributed by atoms with Gasteiger partial charge in [-0.25, -0.2) is 12.7 Å². The summed E-state index contributed by atoms with van der Waals surface area (Å²) >= 11 is 11.8. The molecule has 1 fully saturated rings. The first-order chi connectivity index (χ1) is 10.9. The van der Waals surface area contributed by atoms with E-state index in [1.54, 1.807) is 6.92 Å². The Morgan fingerprint density at radius 2 is 1.79 bits per heavy atom. The number of hydrogen-bond acceptors (Lipinski definition) is 4. The smallest absolute Gasteiger partial charge is 0.269 e. The average Bonchev–Trinajstić information content (AvgIpc) is 3.04. The molecular formula is C14H17Cl2N3O4S. The molecule has 0 spiro atoms. The number of sulfonamides is 1. The van der Waals surface area contributed by atoms with Crippen molar-refractivity contribution in [1.82, 2.24) is 15.2 Å². The van der Waals surface area contributed by atoms with Crippen molar-refractivity contribution in [1.29, 1.82) is 0 Å². The Kier molecular flexibility index (Phi) is 4.89. The molecule has 1 atom stereocenters. The number of carbonyl (C=O) groups excluding carboxylic acids is 2. The number of halogens is 2. The van der Waals surface area contributed by atoms with Crippen molar-refractivity contribution in [2.24, 2.45) is 5.41 Å². The van der Waals surface area contributed by atoms with Gasteiger partial charge in [-0.05, 0) is 31.5 Å². The van der Waals surface area contributed by atoms with Gasteiger partial charge in [0.2, 0.25) is 15.9 Å². The molecule has 2 amide bonds. The summed E-state index contributed by atoms with van der Waals surface area (Å²) in [4.78, 5) is 24.1. The van der Waals surface area contributed by atoms with Crippen molar-refractivity contribution < 1.29 is 18.0 Å². The van der Waals surface area contributed by atoms with Gasteiger partial charge in [0.05, 0.1) is 10.3 Å². The highest BCUT2D eigenvalue weighted by Gasteiger charge is 2.68. The van der Waals surface area contributed by atoms with E-state index in [1.165, 1.54) is 38.4 Å². The first-order valence-corrected chi connectivity index (χ1v) is 9.13. The van der Waals surface area contributed by atoms with Gasteiger partial charge in [-0.15, -0.1) is 23.2 Å². The van der Waals surface area contributed by atoms with E-state index >= 15 is 0 Å². The highest BCUT2D eigenvalue weighted by atomic mass is 35.5. The summed E-state index contributed by atoms with van der Waals surface area (Å²) in [6.07, 6.45) is 0.279. The molecule has 0 heterocycles. The molecule has 2 rings (SSSR count). The van der Waals surface area contributed by atoms with Crippen LogP contribution in [-0.2, 0) is 14.8 Å². The molecule has 1 aromatic rings. The van der Waals surface area contributed by atoms with Gasteiger partial charge in [0.1, 0.15) is 4.33 Å². The van der Waals surface area contributed by atoms with Crippen LogP contribution in [0.4, 0.5) is 0 Å². The molecule has 1 aromatic carbocycles. The number of hydrogen-bond donors (Lipinski definition) is 2. The van der Waals surface area contributed by atoms with Gasteiger partial charge in [0.15, 0.2) is 0 Å². The molecule has 1 saturated carbocycles. The van der Waals surface area contributed by atoms with E-state index in [2.05, 4.69) is 10.9 Å². The molecule has 0 aromatic heterocycles. The van der Waals surface area contributed by atoms with Crippen molar-refractivity contribution in [3.63, 3.8) is 0 Å². The lowest BCUT2D eigenvalue weighted by molar-refractivity contribution is -0.126. The maximum absolute atomic E-state index is 12.1. The minimum Gasteiger partial charge on any atom is -0.273 e. The molecule has 1 aliphatic rings. The SMILES string of the molecule is CN(C)S(=O)(=O)c1cccc(C(=O)NNC(=O)C2(C)CC2(Cl)Cl)c1. The van der Waals surface area contributed by atoms with E-state index in [0.29, 0.717) is 0 Å². The third-order valence-electron chi connectivity index (χ3n) is 3.92. The van der Waals surface area contributed by atoms with Crippen LogP contribution in [0.1, 0.15) is 23.7 Å². The predicted octanol–water partition coefficient (Wildman–Crippen LogP) is 1.28. The molecule has 10 heteroatoms. The Morgan fingerprint density at radius 1 is 1.21 bits per heavy atom. The molecule has 1 aliphatic carbocycles. The monoisotopic (exact) mass is 393 g/mol. The van der Waals surface area contributed by atoms with Crippen molar-refractivity contribution in [3.05, 3.63) is 29.8 Å². The van der Waals surface area contributed by atoms with E-state index in [1.807, 2.05) is 0 Å². The Labute approximate surface area is 150 Å². The minimum absolute atomic E-state index is 0.0267. The third kappa shape index (κ3) is 3.37. The van der Waals surface area contributed by atoms with Crippen LogP contribution in [0.5, 0.6) is 0 Å². The molecule has 1 unspecified atom stereocenters. The van der Waals surface area contributed by atoms with E-state index < -0.39 is 31.6 Å². The van der Waals surface area contributed by atoms with Crippen LogP contribution in [0.25, 0.3) is 0 Å². The quantitative estimate of drug-likeness (QED) is 0.594. The van der Waals surface area contributed by atoms with E-state index in [9.17, 15) is 18.0 Å². The normalized spacial score (nSPS) is 22.1. The molecule has 7 nitrogen and oxygen atoms in total. The highest BCUT2D eigenvalue weighted by Crippen LogP contribution is 2.63. The summed E-state index contributed by atoms with van der Waals surface area (Å²) in [6.45, 7) is 1.58. The zero-order chi connectivity index (χ0) is 18.3. The van der Waals surface area contributed by atoms with Crippen LogP contribution in [0.2, 0.25) is 0 Å².